The summed E-state index contributed by atoms with van der Waals surface area (Å²) in [6, 6.07) is 18.5. The standard InChI is InChI=1S/C22H24ClN5/c1-16-8-9-18(15-20(16)23)25-22-24-17(2)14-21(26-22)28-12-10-27(11-13-28)19-6-4-3-5-7-19/h3-9,14-15H,10-13H2,1-2H3,(H,24,25,26). The van der Waals surface area contributed by atoms with E-state index in [-0.39, 0.29) is 0 Å². The fraction of sp³-hybridized carbons (Fsp3) is 0.273. The normalized spacial score (nSPS) is 14.2. The quantitative estimate of drug-likeness (QED) is 0.688. The molecule has 6 heteroatoms. The number of nitrogens with one attached hydrogen (secondary N) is 1. The Morgan fingerprint density at radius 2 is 1.57 bits per heavy atom. The largest absolute Gasteiger partial charge is 0.368 e. The Morgan fingerprint density at radius 3 is 2.29 bits per heavy atom. The van der Waals surface area contributed by atoms with Crippen molar-refractivity contribution >= 4 is 34.7 Å². The summed E-state index contributed by atoms with van der Waals surface area (Å²) in [4.78, 5) is 14.0. The molecule has 2 heterocycles. The van der Waals surface area contributed by atoms with Crippen LogP contribution in [0.5, 0.6) is 0 Å². The van der Waals surface area contributed by atoms with Gasteiger partial charge in [-0.2, -0.15) is 4.98 Å². The molecule has 1 N–H and O–H groups in total. The molecule has 0 bridgehead atoms. The van der Waals surface area contributed by atoms with Crippen LogP contribution in [0.4, 0.5) is 23.1 Å². The molecule has 0 spiro atoms. The first-order valence-corrected chi connectivity index (χ1v) is 9.90. The number of rotatable bonds is 4. The van der Waals surface area contributed by atoms with Crippen molar-refractivity contribution in [3.8, 4) is 0 Å². The van der Waals surface area contributed by atoms with Crippen LogP contribution in [-0.2, 0) is 0 Å². The van der Waals surface area contributed by atoms with Gasteiger partial charge in [-0.15, -0.1) is 0 Å². The summed E-state index contributed by atoms with van der Waals surface area (Å²) in [5.74, 6) is 1.56. The van der Waals surface area contributed by atoms with Crippen molar-refractivity contribution in [3.05, 3.63) is 70.9 Å². The average molecular weight is 394 g/mol. The lowest BCUT2D eigenvalue weighted by molar-refractivity contribution is 0.647. The van der Waals surface area contributed by atoms with E-state index in [1.165, 1.54) is 5.69 Å². The zero-order chi connectivity index (χ0) is 19.5. The Bertz CT molecular complexity index is 952. The molecule has 0 radical (unpaired) electrons. The number of benzene rings is 2. The number of hydrogen-bond donors (Lipinski definition) is 1. The van der Waals surface area contributed by atoms with E-state index in [0.29, 0.717) is 5.95 Å². The smallest absolute Gasteiger partial charge is 0.229 e. The van der Waals surface area contributed by atoms with Gasteiger partial charge >= 0.3 is 0 Å². The maximum atomic E-state index is 6.23. The minimum absolute atomic E-state index is 0.598. The van der Waals surface area contributed by atoms with E-state index in [2.05, 4.69) is 50.4 Å². The van der Waals surface area contributed by atoms with Crippen LogP contribution in [0.1, 0.15) is 11.3 Å². The second-order valence-corrected chi connectivity index (χ2v) is 7.50. The molecule has 0 atom stereocenters. The summed E-state index contributed by atoms with van der Waals surface area (Å²) < 4.78 is 0. The van der Waals surface area contributed by atoms with Gasteiger partial charge in [-0.3, -0.25) is 0 Å². The minimum atomic E-state index is 0.598. The SMILES string of the molecule is Cc1cc(N2CCN(c3ccccc3)CC2)nc(Nc2ccc(C)c(Cl)c2)n1. The molecule has 2 aromatic carbocycles. The van der Waals surface area contributed by atoms with E-state index >= 15 is 0 Å². The van der Waals surface area contributed by atoms with Crippen LogP contribution in [0, 0.1) is 13.8 Å². The first kappa shape index (κ1) is 18.6. The zero-order valence-electron chi connectivity index (χ0n) is 16.2. The second-order valence-electron chi connectivity index (χ2n) is 7.09. The Labute approximate surface area is 171 Å². The van der Waals surface area contributed by atoms with Crippen LogP contribution in [0.15, 0.2) is 54.6 Å². The van der Waals surface area contributed by atoms with Gasteiger partial charge < -0.3 is 15.1 Å². The van der Waals surface area contributed by atoms with Gasteiger partial charge in [0.1, 0.15) is 5.82 Å². The van der Waals surface area contributed by atoms with Crippen molar-refractivity contribution in [1.29, 1.82) is 0 Å². The molecule has 5 nitrogen and oxygen atoms in total. The van der Waals surface area contributed by atoms with Gasteiger partial charge in [0.2, 0.25) is 5.95 Å². The van der Waals surface area contributed by atoms with Gasteiger partial charge in [0.25, 0.3) is 0 Å². The van der Waals surface area contributed by atoms with Crippen molar-refractivity contribution in [2.45, 2.75) is 13.8 Å². The van der Waals surface area contributed by atoms with Crippen LogP contribution in [0.2, 0.25) is 5.02 Å². The van der Waals surface area contributed by atoms with E-state index < -0.39 is 0 Å². The van der Waals surface area contributed by atoms with Crippen molar-refractivity contribution in [1.82, 2.24) is 9.97 Å². The third-order valence-electron chi connectivity index (χ3n) is 4.99. The first-order valence-electron chi connectivity index (χ1n) is 9.52. The predicted molar refractivity (Wildman–Crippen MR) is 117 cm³/mol. The number of para-hydroxylation sites is 1. The lowest BCUT2D eigenvalue weighted by Crippen LogP contribution is -2.46. The van der Waals surface area contributed by atoms with Crippen molar-refractivity contribution < 1.29 is 0 Å². The van der Waals surface area contributed by atoms with Crippen LogP contribution in [0.25, 0.3) is 0 Å². The summed E-state index contributed by atoms with van der Waals surface area (Å²) >= 11 is 6.23. The Kier molecular flexibility index (Phi) is 5.35. The summed E-state index contributed by atoms with van der Waals surface area (Å²) in [6.07, 6.45) is 0. The highest BCUT2D eigenvalue weighted by atomic mass is 35.5. The molecule has 28 heavy (non-hydrogen) atoms. The van der Waals surface area contributed by atoms with Gasteiger partial charge in [0.05, 0.1) is 0 Å². The molecule has 4 rings (SSSR count). The Hall–Kier alpha value is -2.79. The number of aryl methyl sites for hydroxylation is 2. The molecule has 144 valence electrons. The number of hydrogen-bond acceptors (Lipinski definition) is 5. The minimum Gasteiger partial charge on any atom is -0.368 e. The molecular weight excluding hydrogens is 370 g/mol. The fourth-order valence-corrected chi connectivity index (χ4v) is 3.58. The van der Waals surface area contributed by atoms with Gasteiger partial charge in [-0.05, 0) is 43.7 Å². The van der Waals surface area contributed by atoms with Gasteiger partial charge in [-0.25, -0.2) is 4.98 Å². The molecule has 1 saturated heterocycles. The number of piperazine rings is 1. The first-order chi connectivity index (χ1) is 13.6. The number of nitrogens with zero attached hydrogens (tertiary/aromatic N) is 4. The summed E-state index contributed by atoms with van der Waals surface area (Å²) in [6.45, 7) is 7.80. The highest BCUT2D eigenvalue weighted by molar-refractivity contribution is 6.31. The molecule has 1 fully saturated rings. The Balaban J connectivity index is 1.47. The fourth-order valence-electron chi connectivity index (χ4n) is 3.40. The lowest BCUT2D eigenvalue weighted by atomic mass is 10.2. The van der Waals surface area contributed by atoms with E-state index in [0.717, 1.165) is 54.0 Å². The molecule has 0 saturated carbocycles. The molecule has 1 aliphatic rings. The van der Waals surface area contributed by atoms with Crippen molar-refractivity contribution in [3.63, 3.8) is 0 Å². The van der Waals surface area contributed by atoms with Gasteiger partial charge in [0.15, 0.2) is 0 Å². The van der Waals surface area contributed by atoms with Crippen LogP contribution in [-0.4, -0.2) is 36.1 Å². The van der Waals surface area contributed by atoms with Crippen LogP contribution in [0.3, 0.4) is 0 Å². The third kappa shape index (κ3) is 4.20. The van der Waals surface area contributed by atoms with E-state index in [9.17, 15) is 0 Å². The molecule has 3 aromatic rings. The molecule has 1 aromatic heterocycles. The second kappa shape index (κ2) is 8.07. The van der Waals surface area contributed by atoms with Crippen LogP contribution >= 0.6 is 11.6 Å². The molecule has 0 aliphatic carbocycles. The van der Waals surface area contributed by atoms with E-state index in [1.54, 1.807) is 0 Å². The third-order valence-corrected chi connectivity index (χ3v) is 5.40. The summed E-state index contributed by atoms with van der Waals surface area (Å²) in [5, 5.41) is 4.01. The number of halogens is 1. The summed E-state index contributed by atoms with van der Waals surface area (Å²) in [5.41, 5.74) is 4.16. The van der Waals surface area contributed by atoms with Crippen molar-refractivity contribution in [2.75, 3.05) is 41.3 Å². The van der Waals surface area contributed by atoms with Gasteiger partial charge in [0, 0.05) is 54.3 Å². The Morgan fingerprint density at radius 1 is 0.857 bits per heavy atom. The zero-order valence-corrected chi connectivity index (χ0v) is 16.9. The topological polar surface area (TPSA) is 44.3 Å². The molecule has 1 aliphatic heterocycles. The highest BCUT2D eigenvalue weighted by Crippen LogP contribution is 2.24. The lowest BCUT2D eigenvalue weighted by Gasteiger charge is -2.36. The van der Waals surface area contributed by atoms with Gasteiger partial charge in [-0.1, -0.05) is 35.9 Å². The number of anilines is 4. The maximum Gasteiger partial charge on any atom is 0.229 e. The molecule has 0 unspecified atom stereocenters. The highest BCUT2D eigenvalue weighted by Gasteiger charge is 2.19. The predicted octanol–water partition coefficient (Wildman–Crippen LogP) is 4.82. The number of aromatic nitrogens is 2. The monoisotopic (exact) mass is 393 g/mol. The molecular formula is C22H24ClN5. The summed E-state index contributed by atoms with van der Waals surface area (Å²) in [7, 11) is 0. The van der Waals surface area contributed by atoms with Crippen LogP contribution < -0.4 is 15.1 Å². The average Bonchev–Trinajstić information content (AvgIpc) is 2.71. The van der Waals surface area contributed by atoms with Crippen molar-refractivity contribution in [2.24, 2.45) is 0 Å². The van der Waals surface area contributed by atoms with E-state index in [4.69, 9.17) is 16.6 Å². The maximum absolute atomic E-state index is 6.23. The molecule has 0 amide bonds. The van der Waals surface area contributed by atoms with E-state index in [1.807, 2.05) is 38.1 Å².